The number of hydrogen-bond acceptors (Lipinski definition) is 4. The monoisotopic (exact) mass is 346 g/mol. The Morgan fingerprint density at radius 3 is 2.56 bits per heavy atom. The van der Waals surface area contributed by atoms with E-state index in [1.807, 2.05) is 44.2 Å². The Bertz CT molecular complexity index is 615. The third-order valence-corrected chi connectivity index (χ3v) is 4.31. The number of methoxy groups -OCH3 is 1. The van der Waals surface area contributed by atoms with Gasteiger partial charge in [0.15, 0.2) is 0 Å². The molecule has 0 bridgehead atoms. The molecule has 25 heavy (non-hydrogen) atoms. The van der Waals surface area contributed by atoms with Crippen molar-refractivity contribution in [1.29, 1.82) is 0 Å². The van der Waals surface area contributed by atoms with Crippen LogP contribution in [0.5, 0.6) is 0 Å². The molecular formula is C19H26N2O4. The van der Waals surface area contributed by atoms with Gasteiger partial charge in [-0.1, -0.05) is 44.2 Å². The molecule has 1 saturated heterocycles. The average molecular weight is 346 g/mol. The molecule has 0 radical (unpaired) electrons. The largest absolute Gasteiger partial charge is 0.467 e. The first kappa shape index (κ1) is 19.0. The summed E-state index contributed by atoms with van der Waals surface area (Å²) < 4.78 is 4.77. The van der Waals surface area contributed by atoms with Crippen LogP contribution in [0.4, 0.5) is 0 Å². The van der Waals surface area contributed by atoms with Gasteiger partial charge in [-0.15, -0.1) is 0 Å². The minimum absolute atomic E-state index is 0.0394. The van der Waals surface area contributed by atoms with Gasteiger partial charge in [0.25, 0.3) is 0 Å². The van der Waals surface area contributed by atoms with Crippen LogP contribution in [-0.4, -0.2) is 42.4 Å². The van der Waals surface area contributed by atoms with Crippen molar-refractivity contribution in [3.63, 3.8) is 0 Å². The van der Waals surface area contributed by atoms with E-state index < -0.39 is 17.9 Å². The maximum absolute atomic E-state index is 12.5. The van der Waals surface area contributed by atoms with Crippen LogP contribution in [0.25, 0.3) is 0 Å². The van der Waals surface area contributed by atoms with Crippen molar-refractivity contribution in [3.8, 4) is 0 Å². The average Bonchev–Trinajstić information content (AvgIpc) is 2.95. The third-order valence-electron chi connectivity index (χ3n) is 4.31. The summed E-state index contributed by atoms with van der Waals surface area (Å²) in [5.41, 5.74) is 1.03. The van der Waals surface area contributed by atoms with E-state index in [9.17, 15) is 14.4 Å². The maximum Gasteiger partial charge on any atom is 0.328 e. The summed E-state index contributed by atoms with van der Waals surface area (Å²) in [7, 11) is 1.31. The second-order valence-electron chi connectivity index (χ2n) is 6.87. The number of nitrogens with zero attached hydrogens (tertiary/aromatic N) is 1. The van der Waals surface area contributed by atoms with Crippen LogP contribution in [0.3, 0.4) is 0 Å². The summed E-state index contributed by atoms with van der Waals surface area (Å²) >= 11 is 0. The van der Waals surface area contributed by atoms with Gasteiger partial charge in [-0.2, -0.15) is 0 Å². The Balaban J connectivity index is 1.95. The van der Waals surface area contributed by atoms with E-state index >= 15 is 0 Å². The second kappa shape index (κ2) is 8.65. The summed E-state index contributed by atoms with van der Waals surface area (Å²) in [6, 6.07) is 9.01. The van der Waals surface area contributed by atoms with Crippen LogP contribution in [0.15, 0.2) is 30.3 Å². The van der Waals surface area contributed by atoms with Crippen molar-refractivity contribution >= 4 is 17.8 Å². The fourth-order valence-corrected chi connectivity index (χ4v) is 3.02. The molecular weight excluding hydrogens is 320 g/mol. The first-order chi connectivity index (χ1) is 11.9. The molecule has 0 unspecified atom stereocenters. The number of nitrogens with one attached hydrogen (secondary N) is 1. The highest BCUT2D eigenvalue weighted by molar-refractivity contribution is 5.91. The van der Waals surface area contributed by atoms with Gasteiger partial charge in [0.1, 0.15) is 6.04 Å². The lowest BCUT2D eigenvalue weighted by molar-refractivity contribution is -0.146. The lowest BCUT2D eigenvalue weighted by Crippen LogP contribution is -2.45. The number of hydrogen-bond donors (Lipinski definition) is 1. The number of rotatable bonds is 7. The van der Waals surface area contributed by atoms with Crippen LogP contribution < -0.4 is 5.32 Å². The zero-order valence-electron chi connectivity index (χ0n) is 15.0. The minimum atomic E-state index is -0.671. The molecule has 1 aliphatic heterocycles. The molecule has 6 nitrogen and oxygen atoms in total. The van der Waals surface area contributed by atoms with E-state index in [1.165, 1.54) is 7.11 Å². The number of carbonyl (C=O) groups is 3. The van der Waals surface area contributed by atoms with Gasteiger partial charge >= 0.3 is 5.97 Å². The molecule has 2 rings (SSSR count). The van der Waals surface area contributed by atoms with Gasteiger partial charge in [-0.05, 0) is 17.9 Å². The SMILES string of the molecule is COC(=O)[C@H](CC(C)C)NC(=O)[C@H]1CC(=O)N(Cc2ccccc2)C1. The Hall–Kier alpha value is -2.37. The highest BCUT2D eigenvalue weighted by Crippen LogP contribution is 2.21. The van der Waals surface area contributed by atoms with Crippen molar-refractivity contribution in [2.45, 2.75) is 39.3 Å². The van der Waals surface area contributed by atoms with E-state index in [-0.39, 0.29) is 24.2 Å². The van der Waals surface area contributed by atoms with Gasteiger partial charge in [0.2, 0.25) is 11.8 Å². The molecule has 1 aliphatic rings. The van der Waals surface area contributed by atoms with Gasteiger partial charge < -0.3 is 15.0 Å². The number of benzene rings is 1. The summed E-state index contributed by atoms with van der Waals surface area (Å²) in [5.74, 6) is -0.949. The number of esters is 1. The standard InChI is InChI=1S/C19H26N2O4/c1-13(2)9-16(19(24)25-3)20-18(23)15-10-17(22)21(12-15)11-14-7-5-4-6-8-14/h4-8,13,15-16H,9-12H2,1-3H3,(H,20,23)/t15-,16-/m0/s1. The van der Waals surface area contributed by atoms with Crippen LogP contribution in [-0.2, 0) is 25.7 Å². The molecule has 0 spiro atoms. The highest BCUT2D eigenvalue weighted by Gasteiger charge is 2.36. The Morgan fingerprint density at radius 1 is 1.28 bits per heavy atom. The molecule has 1 aromatic rings. The number of carbonyl (C=O) groups excluding carboxylic acids is 3. The predicted octanol–water partition coefficient (Wildman–Crippen LogP) is 1.74. The smallest absolute Gasteiger partial charge is 0.328 e. The second-order valence-corrected chi connectivity index (χ2v) is 6.87. The number of amides is 2. The maximum atomic E-state index is 12.5. The first-order valence-corrected chi connectivity index (χ1v) is 8.60. The third kappa shape index (κ3) is 5.31. The van der Waals surface area contributed by atoms with Crippen LogP contribution in [0, 0.1) is 11.8 Å². The fourth-order valence-electron chi connectivity index (χ4n) is 3.02. The molecule has 0 aromatic heterocycles. The van der Waals surface area contributed by atoms with Gasteiger partial charge in [0, 0.05) is 19.5 Å². The zero-order chi connectivity index (χ0) is 18.4. The molecule has 2 atom stereocenters. The van der Waals surface area contributed by atoms with Crippen LogP contribution >= 0.6 is 0 Å². The predicted molar refractivity (Wildman–Crippen MR) is 93.4 cm³/mol. The molecule has 1 aromatic carbocycles. The van der Waals surface area contributed by atoms with Crippen molar-refractivity contribution < 1.29 is 19.1 Å². The van der Waals surface area contributed by atoms with Crippen LogP contribution in [0.2, 0.25) is 0 Å². The topological polar surface area (TPSA) is 75.7 Å². The van der Waals surface area contributed by atoms with Crippen LogP contribution in [0.1, 0.15) is 32.3 Å². The molecule has 2 amide bonds. The summed E-state index contributed by atoms with van der Waals surface area (Å²) in [6.45, 7) is 4.82. The van der Waals surface area contributed by atoms with E-state index in [1.54, 1.807) is 4.90 Å². The lowest BCUT2D eigenvalue weighted by Gasteiger charge is -2.20. The Kier molecular flexibility index (Phi) is 6.56. The van der Waals surface area contributed by atoms with Gasteiger partial charge in [-0.25, -0.2) is 4.79 Å². The van der Waals surface area contributed by atoms with Crippen molar-refractivity contribution in [1.82, 2.24) is 10.2 Å². The molecule has 0 saturated carbocycles. The Morgan fingerprint density at radius 2 is 1.96 bits per heavy atom. The van der Waals surface area contributed by atoms with E-state index in [2.05, 4.69) is 5.32 Å². The lowest BCUT2D eigenvalue weighted by atomic mass is 10.0. The quantitative estimate of drug-likeness (QED) is 0.763. The minimum Gasteiger partial charge on any atom is -0.467 e. The Labute approximate surface area is 148 Å². The van der Waals surface area contributed by atoms with E-state index in [0.717, 1.165) is 5.56 Å². The number of ether oxygens (including phenoxy) is 1. The van der Waals surface area contributed by atoms with E-state index in [4.69, 9.17) is 4.74 Å². The molecule has 1 N–H and O–H groups in total. The summed E-state index contributed by atoms with van der Waals surface area (Å²) in [4.78, 5) is 38.2. The normalized spacial score (nSPS) is 18.3. The molecule has 0 aliphatic carbocycles. The molecule has 1 fully saturated rings. The number of likely N-dealkylation sites (tertiary alicyclic amines) is 1. The van der Waals surface area contributed by atoms with E-state index in [0.29, 0.717) is 19.5 Å². The van der Waals surface area contributed by atoms with Crippen molar-refractivity contribution in [2.75, 3.05) is 13.7 Å². The molecule has 136 valence electrons. The zero-order valence-corrected chi connectivity index (χ0v) is 15.0. The van der Waals surface area contributed by atoms with Crippen molar-refractivity contribution in [3.05, 3.63) is 35.9 Å². The molecule has 6 heteroatoms. The molecule has 1 heterocycles. The first-order valence-electron chi connectivity index (χ1n) is 8.60. The highest BCUT2D eigenvalue weighted by atomic mass is 16.5. The fraction of sp³-hybridized carbons (Fsp3) is 0.526. The van der Waals surface area contributed by atoms with Crippen molar-refractivity contribution in [2.24, 2.45) is 11.8 Å². The summed E-state index contributed by atoms with van der Waals surface area (Å²) in [6.07, 6.45) is 0.682. The summed E-state index contributed by atoms with van der Waals surface area (Å²) in [5, 5.41) is 2.75. The van der Waals surface area contributed by atoms with Gasteiger partial charge in [-0.3, -0.25) is 9.59 Å². The van der Waals surface area contributed by atoms with Gasteiger partial charge in [0.05, 0.1) is 13.0 Å².